The van der Waals surface area contributed by atoms with Crippen LogP contribution in [0.5, 0.6) is 5.75 Å². The maximum atomic E-state index is 15.1. The van der Waals surface area contributed by atoms with Crippen molar-refractivity contribution in [3.05, 3.63) is 52.2 Å². The summed E-state index contributed by atoms with van der Waals surface area (Å²) in [5.41, 5.74) is 4.38. The maximum absolute atomic E-state index is 15.1. The highest BCUT2D eigenvalue weighted by atomic mass is 19.1. The summed E-state index contributed by atoms with van der Waals surface area (Å²) in [6, 6.07) is 7.65. The van der Waals surface area contributed by atoms with Gasteiger partial charge in [0, 0.05) is 19.5 Å². The lowest BCUT2D eigenvalue weighted by molar-refractivity contribution is 0.0745. The molecule has 5 rings (SSSR count). The Morgan fingerprint density at radius 3 is 2.94 bits per heavy atom. The van der Waals surface area contributed by atoms with E-state index in [-0.39, 0.29) is 25.6 Å². The second-order valence-electron chi connectivity index (χ2n) is 8.40. The van der Waals surface area contributed by atoms with E-state index in [1.807, 2.05) is 36.1 Å². The van der Waals surface area contributed by atoms with E-state index >= 15 is 4.39 Å². The zero-order valence-corrected chi connectivity index (χ0v) is 17.5. The van der Waals surface area contributed by atoms with E-state index in [1.54, 1.807) is 4.90 Å². The van der Waals surface area contributed by atoms with Crippen molar-refractivity contribution in [3.8, 4) is 5.75 Å². The number of fused-ring (bicyclic) bond motifs is 2. The van der Waals surface area contributed by atoms with Crippen LogP contribution >= 0.6 is 0 Å². The van der Waals surface area contributed by atoms with Crippen LogP contribution in [0.15, 0.2) is 24.3 Å². The van der Waals surface area contributed by atoms with E-state index in [0.29, 0.717) is 55.5 Å². The SMILES string of the molecule is Cc1cc2c(nc1N1CCC(Oc3ccc4c(c3)COC4)[C@H](F)C1)CN(CCO)C2=O. The van der Waals surface area contributed by atoms with Gasteiger partial charge < -0.3 is 24.4 Å². The van der Waals surface area contributed by atoms with E-state index in [0.717, 1.165) is 16.7 Å². The molecule has 1 amide bonds. The van der Waals surface area contributed by atoms with Crippen LogP contribution < -0.4 is 9.64 Å². The Labute approximate surface area is 180 Å². The number of carbonyl (C=O) groups is 1. The number of ether oxygens (including phenoxy) is 2. The molecule has 1 saturated heterocycles. The Morgan fingerprint density at radius 1 is 1.29 bits per heavy atom. The van der Waals surface area contributed by atoms with Gasteiger partial charge in [0.05, 0.1) is 44.2 Å². The Morgan fingerprint density at radius 2 is 2.13 bits per heavy atom. The quantitative estimate of drug-likeness (QED) is 0.790. The van der Waals surface area contributed by atoms with Gasteiger partial charge in [-0.1, -0.05) is 6.07 Å². The first kappa shape index (κ1) is 20.2. The fraction of sp³-hybridized carbons (Fsp3) is 0.478. The molecule has 3 aliphatic rings. The number of pyridine rings is 1. The fourth-order valence-electron chi connectivity index (χ4n) is 4.60. The number of halogens is 1. The molecule has 31 heavy (non-hydrogen) atoms. The number of aliphatic hydroxyl groups excluding tert-OH is 1. The van der Waals surface area contributed by atoms with Crippen LogP contribution in [-0.2, 0) is 24.5 Å². The number of piperidine rings is 1. The summed E-state index contributed by atoms with van der Waals surface area (Å²) in [4.78, 5) is 20.7. The lowest BCUT2D eigenvalue weighted by Gasteiger charge is -2.36. The Balaban J connectivity index is 1.28. The van der Waals surface area contributed by atoms with Crippen molar-refractivity contribution in [2.45, 2.75) is 45.4 Å². The van der Waals surface area contributed by atoms with Gasteiger partial charge in [0.15, 0.2) is 6.17 Å². The van der Waals surface area contributed by atoms with Crippen LogP contribution in [0.3, 0.4) is 0 Å². The molecular weight excluding hydrogens is 401 g/mol. The van der Waals surface area contributed by atoms with Gasteiger partial charge in [-0.25, -0.2) is 9.37 Å². The second-order valence-corrected chi connectivity index (χ2v) is 8.40. The average molecular weight is 427 g/mol. The molecule has 1 unspecified atom stereocenters. The highest BCUT2D eigenvalue weighted by Crippen LogP contribution is 2.31. The van der Waals surface area contributed by atoms with Gasteiger partial charge >= 0.3 is 0 Å². The van der Waals surface area contributed by atoms with Gasteiger partial charge in [-0.3, -0.25) is 4.79 Å². The predicted octanol–water partition coefficient (Wildman–Crippen LogP) is 2.36. The van der Waals surface area contributed by atoms with Gasteiger partial charge in [0.2, 0.25) is 0 Å². The molecule has 1 N–H and O–H groups in total. The Bertz CT molecular complexity index is 1010. The number of aryl methyl sites for hydroxylation is 1. The number of aliphatic hydroxyl groups is 1. The monoisotopic (exact) mass is 427 g/mol. The first-order valence-corrected chi connectivity index (χ1v) is 10.7. The molecule has 0 saturated carbocycles. The van der Waals surface area contributed by atoms with E-state index in [9.17, 15) is 4.79 Å². The van der Waals surface area contributed by atoms with Crippen LogP contribution in [0.2, 0.25) is 0 Å². The number of rotatable bonds is 5. The van der Waals surface area contributed by atoms with Gasteiger partial charge in [0.1, 0.15) is 17.7 Å². The van der Waals surface area contributed by atoms with E-state index < -0.39 is 12.3 Å². The second kappa shape index (κ2) is 8.09. The van der Waals surface area contributed by atoms with Crippen LogP contribution in [0.4, 0.5) is 10.2 Å². The molecule has 0 aliphatic carbocycles. The standard InChI is InChI=1S/C23H26FN3O4/c1-14-8-18-20(11-27(6-7-28)23(18)29)25-22(14)26-5-4-21(19(24)10-26)31-17-3-2-15-12-30-13-16(15)9-17/h2-3,8-9,19,21,28H,4-7,10-13H2,1H3/t19-,21?/m1/s1. The Hall–Kier alpha value is -2.71. The number of nitrogens with zero attached hydrogens (tertiary/aromatic N) is 3. The number of anilines is 1. The molecule has 2 aromatic rings. The van der Waals surface area contributed by atoms with Crippen LogP contribution in [0, 0.1) is 6.92 Å². The highest BCUT2D eigenvalue weighted by molar-refractivity contribution is 5.98. The zero-order chi connectivity index (χ0) is 21.5. The number of benzene rings is 1. The summed E-state index contributed by atoms with van der Waals surface area (Å²) >= 11 is 0. The van der Waals surface area contributed by atoms with E-state index in [4.69, 9.17) is 19.6 Å². The molecule has 4 heterocycles. The van der Waals surface area contributed by atoms with Crippen molar-refractivity contribution >= 4 is 11.7 Å². The smallest absolute Gasteiger partial charge is 0.256 e. The summed E-state index contributed by atoms with van der Waals surface area (Å²) in [6.07, 6.45) is -1.11. The lowest BCUT2D eigenvalue weighted by atomic mass is 10.0. The molecule has 1 fully saturated rings. The van der Waals surface area contributed by atoms with Crippen molar-refractivity contribution in [1.29, 1.82) is 0 Å². The largest absolute Gasteiger partial charge is 0.487 e. The molecule has 164 valence electrons. The van der Waals surface area contributed by atoms with Crippen LogP contribution in [-0.4, -0.2) is 59.4 Å². The van der Waals surface area contributed by atoms with E-state index in [2.05, 4.69) is 0 Å². The minimum atomic E-state index is -1.15. The minimum Gasteiger partial charge on any atom is -0.487 e. The number of hydrogen-bond acceptors (Lipinski definition) is 6. The molecule has 0 spiro atoms. The van der Waals surface area contributed by atoms with Crippen molar-refractivity contribution in [1.82, 2.24) is 9.88 Å². The number of amides is 1. The maximum Gasteiger partial charge on any atom is 0.256 e. The first-order valence-electron chi connectivity index (χ1n) is 10.7. The average Bonchev–Trinajstić information content (AvgIpc) is 3.34. The summed E-state index contributed by atoms with van der Waals surface area (Å²) in [6.45, 7) is 4.49. The normalized spacial score (nSPS) is 22.6. The van der Waals surface area contributed by atoms with Gasteiger partial charge in [-0.15, -0.1) is 0 Å². The van der Waals surface area contributed by atoms with Crippen LogP contribution in [0.25, 0.3) is 0 Å². The van der Waals surface area contributed by atoms with Gasteiger partial charge in [0.25, 0.3) is 5.91 Å². The van der Waals surface area contributed by atoms with E-state index in [1.165, 1.54) is 0 Å². The van der Waals surface area contributed by atoms with Crippen molar-refractivity contribution < 1.29 is 23.8 Å². The molecule has 1 aromatic carbocycles. The number of β-amino-alcohol motifs (C(OH)–C–C–N with tert-alkyl or cyclic N) is 1. The predicted molar refractivity (Wildman–Crippen MR) is 112 cm³/mol. The topological polar surface area (TPSA) is 75.1 Å². The summed E-state index contributed by atoms with van der Waals surface area (Å²) in [5.74, 6) is 1.29. The lowest BCUT2D eigenvalue weighted by Crippen LogP contribution is -2.47. The zero-order valence-electron chi connectivity index (χ0n) is 17.5. The molecule has 0 radical (unpaired) electrons. The third kappa shape index (κ3) is 3.74. The van der Waals surface area contributed by atoms with Crippen molar-refractivity contribution in [2.24, 2.45) is 0 Å². The number of carbonyl (C=O) groups excluding carboxylic acids is 1. The van der Waals surface area contributed by atoms with Gasteiger partial charge in [-0.2, -0.15) is 0 Å². The van der Waals surface area contributed by atoms with Gasteiger partial charge in [-0.05, 0) is 41.8 Å². The van der Waals surface area contributed by atoms with Crippen LogP contribution in [0.1, 0.15) is 39.2 Å². The summed E-state index contributed by atoms with van der Waals surface area (Å²) < 4.78 is 26.5. The van der Waals surface area contributed by atoms with Crippen molar-refractivity contribution in [3.63, 3.8) is 0 Å². The third-order valence-corrected chi connectivity index (χ3v) is 6.26. The number of aromatic nitrogens is 1. The molecule has 3 aliphatic heterocycles. The molecule has 0 bridgehead atoms. The fourth-order valence-corrected chi connectivity index (χ4v) is 4.60. The molecule has 8 heteroatoms. The summed E-state index contributed by atoms with van der Waals surface area (Å²) in [5, 5.41) is 9.16. The molecular formula is C23H26FN3O4. The first-order chi connectivity index (χ1) is 15.0. The molecule has 7 nitrogen and oxygen atoms in total. The number of alkyl halides is 1. The Kier molecular flexibility index (Phi) is 5.27. The third-order valence-electron chi connectivity index (χ3n) is 6.26. The number of hydrogen-bond donors (Lipinski definition) is 1. The minimum absolute atomic E-state index is 0.0835. The van der Waals surface area contributed by atoms with Crippen molar-refractivity contribution in [2.75, 3.05) is 31.1 Å². The summed E-state index contributed by atoms with van der Waals surface area (Å²) in [7, 11) is 0. The molecule has 2 atom stereocenters. The highest BCUT2D eigenvalue weighted by Gasteiger charge is 2.34. The molecule has 1 aromatic heterocycles.